The number of nitrogens with zero attached hydrogens (tertiary/aromatic N) is 3. The monoisotopic (exact) mass is 414 g/mol. The zero-order chi connectivity index (χ0) is 21.5. The van der Waals surface area contributed by atoms with E-state index in [1.54, 1.807) is 33.7 Å². The summed E-state index contributed by atoms with van der Waals surface area (Å²) in [4.78, 5) is 14.1. The van der Waals surface area contributed by atoms with Gasteiger partial charge in [0.05, 0.1) is 38.2 Å². The van der Waals surface area contributed by atoms with Crippen LogP contribution in [0.15, 0.2) is 48.8 Å². The molecule has 0 saturated heterocycles. The lowest BCUT2D eigenvalue weighted by Crippen LogP contribution is -2.17. The van der Waals surface area contributed by atoms with Gasteiger partial charge in [0.1, 0.15) is 5.82 Å². The van der Waals surface area contributed by atoms with Crippen molar-refractivity contribution in [1.29, 1.82) is 0 Å². The summed E-state index contributed by atoms with van der Waals surface area (Å²) in [7, 11) is 4.83. The van der Waals surface area contributed by atoms with Crippen LogP contribution < -0.4 is 19.9 Å². The van der Waals surface area contributed by atoms with Crippen LogP contribution in [0.1, 0.15) is 22.7 Å². The van der Waals surface area contributed by atoms with Crippen molar-refractivity contribution in [3.05, 3.63) is 65.6 Å². The number of anilines is 1. The lowest BCUT2D eigenvalue weighted by Gasteiger charge is -2.28. The number of benzene rings is 1. The SMILES string of the molecule is COc1cc(C2Cc3ncccc3-c3nc(N)c4cccnc4c32)cc(OC)c1OC. The molecule has 2 N–H and O–H groups in total. The van der Waals surface area contributed by atoms with Crippen LogP contribution in [0.5, 0.6) is 17.2 Å². The van der Waals surface area contributed by atoms with Crippen molar-refractivity contribution in [3.63, 3.8) is 0 Å². The summed E-state index contributed by atoms with van der Waals surface area (Å²) in [5.74, 6) is 2.16. The summed E-state index contributed by atoms with van der Waals surface area (Å²) in [6.07, 6.45) is 4.28. The highest BCUT2D eigenvalue weighted by atomic mass is 16.5. The first-order valence-corrected chi connectivity index (χ1v) is 9.94. The van der Waals surface area contributed by atoms with Gasteiger partial charge in [0.2, 0.25) is 5.75 Å². The van der Waals surface area contributed by atoms with Crippen LogP contribution in [0, 0.1) is 0 Å². The van der Waals surface area contributed by atoms with E-state index in [0.717, 1.165) is 39.0 Å². The molecule has 0 amide bonds. The van der Waals surface area contributed by atoms with Crippen molar-refractivity contribution in [2.24, 2.45) is 0 Å². The lowest BCUT2D eigenvalue weighted by molar-refractivity contribution is 0.323. The van der Waals surface area contributed by atoms with Crippen LogP contribution in [0.3, 0.4) is 0 Å². The molecule has 4 aromatic rings. The Labute approximate surface area is 179 Å². The first kappa shape index (κ1) is 19.1. The number of fused-ring (bicyclic) bond motifs is 5. The van der Waals surface area contributed by atoms with Gasteiger partial charge in [-0.1, -0.05) is 0 Å². The van der Waals surface area contributed by atoms with E-state index in [1.165, 1.54) is 0 Å². The fourth-order valence-electron chi connectivity index (χ4n) is 4.41. The Kier molecular flexibility index (Phi) is 4.58. The maximum Gasteiger partial charge on any atom is 0.203 e. The van der Waals surface area contributed by atoms with Crippen molar-refractivity contribution in [3.8, 4) is 28.5 Å². The molecule has 7 heteroatoms. The maximum atomic E-state index is 6.32. The molecule has 0 fully saturated rings. The van der Waals surface area contributed by atoms with Gasteiger partial charge in [0, 0.05) is 41.2 Å². The Morgan fingerprint density at radius 3 is 2.35 bits per heavy atom. The molecule has 3 heterocycles. The highest BCUT2D eigenvalue weighted by Crippen LogP contribution is 2.48. The lowest BCUT2D eigenvalue weighted by atomic mass is 9.78. The molecule has 0 spiro atoms. The van der Waals surface area contributed by atoms with Gasteiger partial charge in [-0.15, -0.1) is 0 Å². The smallest absolute Gasteiger partial charge is 0.203 e. The molecule has 1 atom stereocenters. The Hall–Kier alpha value is -3.87. The van der Waals surface area contributed by atoms with Crippen molar-refractivity contribution in [1.82, 2.24) is 15.0 Å². The average Bonchev–Trinajstić information content (AvgIpc) is 2.82. The standard InChI is InChI=1S/C24H22N4O3/c1-29-18-10-13(11-19(30-2)23(18)31-3)16-12-17-14(6-4-8-26-17)22-20(16)21-15(24(25)28-22)7-5-9-27-21/h4-11,16H,12H2,1-3H3,(H2,25,28). The van der Waals surface area contributed by atoms with Gasteiger partial charge in [0.15, 0.2) is 11.5 Å². The fourth-order valence-corrected chi connectivity index (χ4v) is 4.41. The summed E-state index contributed by atoms with van der Waals surface area (Å²) in [6.45, 7) is 0. The largest absolute Gasteiger partial charge is 0.493 e. The van der Waals surface area contributed by atoms with Gasteiger partial charge >= 0.3 is 0 Å². The topological polar surface area (TPSA) is 92.4 Å². The highest BCUT2D eigenvalue weighted by molar-refractivity contribution is 5.96. The van der Waals surface area contributed by atoms with Crippen LogP contribution in [-0.2, 0) is 6.42 Å². The van der Waals surface area contributed by atoms with Gasteiger partial charge in [-0.3, -0.25) is 9.97 Å². The number of aromatic nitrogens is 3. The van der Waals surface area contributed by atoms with Gasteiger partial charge in [0.25, 0.3) is 0 Å². The van der Waals surface area contributed by atoms with Gasteiger partial charge in [-0.25, -0.2) is 4.98 Å². The normalized spacial score (nSPS) is 14.6. The van der Waals surface area contributed by atoms with E-state index >= 15 is 0 Å². The number of methoxy groups -OCH3 is 3. The molecular formula is C24H22N4O3. The van der Waals surface area contributed by atoms with Crippen molar-refractivity contribution in [2.75, 3.05) is 27.1 Å². The van der Waals surface area contributed by atoms with E-state index in [9.17, 15) is 0 Å². The number of nitrogens with two attached hydrogens (primary N) is 1. The molecule has 1 unspecified atom stereocenters. The molecule has 31 heavy (non-hydrogen) atoms. The molecule has 3 aromatic heterocycles. The summed E-state index contributed by atoms with van der Waals surface area (Å²) in [6, 6.07) is 11.7. The summed E-state index contributed by atoms with van der Waals surface area (Å²) < 4.78 is 16.7. The number of rotatable bonds is 4. The Morgan fingerprint density at radius 1 is 0.935 bits per heavy atom. The summed E-state index contributed by atoms with van der Waals surface area (Å²) in [5, 5.41) is 0.839. The van der Waals surface area contributed by atoms with Crippen LogP contribution >= 0.6 is 0 Å². The average molecular weight is 414 g/mol. The van der Waals surface area contributed by atoms with E-state index in [-0.39, 0.29) is 5.92 Å². The summed E-state index contributed by atoms with van der Waals surface area (Å²) in [5.41, 5.74) is 12.0. The van der Waals surface area contributed by atoms with E-state index in [2.05, 4.69) is 4.98 Å². The first-order valence-electron chi connectivity index (χ1n) is 9.94. The maximum absolute atomic E-state index is 6.32. The van der Waals surface area contributed by atoms with Crippen LogP contribution in [0.2, 0.25) is 0 Å². The number of hydrogen-bond acceptors (Lipinski definition) is 7. The Balaban J connectivity index is 1.83. The molecule has 7 nitrogen and oxygen atoms in total. The first-order chi connectivity index (χ1) is 15.2. The zero-order valence-electron chi connectivity index (χ0n) is 17.5. The van der Waals surface area contributed by atoms with E-state index in [1.807, 2.05) is 36.4 Å². The molecular weight excluding hydrogens is 392 g/mol. The zero-order valence-corrected chi connectivity index (χ0v) is 17.5. The third-order valence-electron chi connectivity index (χ3n) is 5.81. The second kappa shape index (κ2) is 7.43. The number of pyridine rings is 3. The quantitative estimate of drug-likeness (QED) is 0.540. The third-order valence-corrected chi connectivity index (χ3v) is 5.81. The van der Waals surface area contributed by atoms with Crippen LogP contribution in [-0.4, -0.2) is 36.3 Å². The second-order valence-corrected chi connectivity index (χ2v) is 7.37. The minimum atomic E-state index is -0.0587. The number of nitrogen functional groups attached to an aromatic ring is 1. The number of ether oxygens (including phenoxy) is 3. The van der Waals surface area contributed by atoms with Crippen LogP contribution in [0.25, 0.3) is 22.2 Å². The fraction of sp³-hybridized carbons (Fsp3) is 0.208. The molecule has 0 radical (unpaired) electrons. The number of hydrogen-bond donors (Lipinski definition) is 1. The second-order valence-electron chi connectivity index (χ2n) is 7.37. The summed E-state index contributed by atoms with van der Waals surface area (Å²) >= 11 is 0. The molecule has 0 aliphatic heterocycles. The van der Waals surface area contributed by atoms with Gasteiger partial charge < -0.3 is 19.9 Å². The van der Waals surface area contributed by atoms with Gasteiger partial charge in [-0.05, 0) is 42.0 Å². The van der Waals surface area contributed by atoms with E-state index < -0.39 is 0 Å². The highest BCUT2D eigenvalue weighted by Gasteiger charge is 2.32. The molecule has 0 bridgehead atoms. The van der Waals surface area contributed by atoms with Crippen molar-refractivity contribution >= 4 is 16.7 Å². The minimum Gasteiger partial charge on any atom is -0.493 e. The van der Waals surface area contributed by atoms with E-state index in [4.69, 9.17) is 29.9 Å². The van der Waals surface area contributed by atoms with Crippen molar-refractivity contribution in [2.45, 2.75) is 12.3 Å². The molecule has 1 aromatic carbocycles. The minimum absolute atomic E-state index is 0.0587. The molecule has 5 rings (SSSR count). The Morgan fingerprint density at radius 2 is 1.65 bits per heavy atom. The Bertz CT molecular complexity index is 1280. The predicted octanol–water partition coefficient (Wildman–Crippen LogP) is 3.99. The van der Waals surface area contributed by atoms with Crippen LogP contribution in [0.4, 0.5) is 5.82 Å². The molecule has 0 saturated carbocycles. The van der Waals surface area contributed by atoms with E-state index in [0.29, 0.717) is 29.5 Å². The third kappa shape index (κ3) is 2.92. The van der Waals surface area contributed by atoms with Crippen molar-refractivity contribution < 1.29 is 14.2 Å². The molecule has 156 valence electrons. The van der Waals surface area contributed by atoms with Gasteiger partial charge in [-0.2, -0.15) is 0 Å². The molecule has 1 aliphatic rings. The predicted molar refractivity (Wildman–Crippen MR) is 119 cm³/mol. The molecule has 1 aliphatic carbocycles.